The number of anilines is 1. The van der Waals surface area contributed by atoms with E-state index < -0.39 is 0 Å². The molecule has 88 valence electrons. The Balaban J connectivity index is 2.05. The van der Waals surface area contributed by atoms with Crippen LogP contribution in [-0.4, -0.2) is 24.2 Å². The predicted molar refractivity (Wildman–Crippen MR) is 68.5 cm³/mol. The Bertz CT molecular complexity index is 381. The molecule has 1 aliphatic rings. The van der Waals surface area contributed by atoms with Gasteiger partial charge >= 0.3 is 0 Å². The molecule has 3 nitrogen and oxygen atoms in total. The standard InChI is InChI=1S/C12H17BrN2O/c1-12(2)10(6-11(12)16-3)15-9-4-5-14-7-8(9)13/h4-5,7,10-11H,6H2,1-3H3,(H,14,15). The largest absolute Gasteiger partial charge is 0.381 e. The predicted octanol–water partition coefficient (Wildman–Crippen LogP) is 3.07. The van der Waals surface area contributed by atoms with E-state index >= 15 is 0 Å². The van der Waals surface area contributed by atoms with Crippen LogP contribution in [0.2, 0.25) is 0 Å². The first kappa shape index (κ1) is 11.9. The molecule has 1 aliphatic carbocycles. The Kier molecular flexibility index (Phi) is 3.22. The third kappa shape index (κ3) is 1.96. The summed E-state index contributed by atoms with van der Waals surface area (Å²) in [5.41, 5.74) is 1.28. The van der Waals surface area contributed by atoms with Gasteiger partial charge in [0.2, 0.25) is 0 Å². The van der Waals surface area contributed by atoms with Gasteiger partial charge in [0.15, 0.2) is 0 Å². The van der Waals surface area contributed by atoms with E-state index in [2.05, 4.69) is 40.1 Å². The van der Waals surface area contributed by atoms with Crippen molar-refractivity contribution in [3.8, 4) is 0 Å². The van der Waals surface area contributed by atoms with Gasteiger partial charge in [-0.05, 0) is 28.4 Å². The second-order valence-electron chi connectivity index (χ2n) is 4.83. The fourth-order valence-corrected chi connectivity index (χ4v) is 2.58. The highest BCUT2D eigenvalue weighted by Crippen LogP contribution is 2.44. The Labute approximate surface area is 105 Å². The lowest BCUT2D eigenvalue weighted by Gasteiger charge is -2.51. The first-order chi connectivity index (χ1) is 7.55. The van der Waals surface area contributed by atoms with Crippen molar-refractivity contribution in [1.82, 2.24) is 4.98 Å². The summed E-state index contributed by atoms with van der Waals surface area (Å²) < 4.78 is 6.44. The van der Waals surface area contributed by atoms with E-state index in [1.54, 1.807) is 13.3 Å². The molecule has 0 saturated heterocycles. The van der Waals surface area contributed by atoms with Crippen LogP contribution in [-0.2, 0) is 4.74 Å². The number of halogens is 1. The molecule has 0 bridgehead atoms. The Morgan fingerprint density at radius 3 is 2.88 bits per heavy atom. The summed E-state index contributed by atoms with van der Waals surface area (Å²) in [4.78, 5) is 4.05. The molecule has 1 aromatic rings. The highest BCUT2D eigenvalue weighted by molar-refractivity contribution is 9.10. The zero-order valence-corrected chi connectivity index (χ0v) is 11.4. The Morgan fingerprint density at radius 1 is 1.56 bits per heavy atom. The molecule has 2 unspecified atom stereocenters. The first-order valence-electron chi connectivity index (χ1n) is 5.44. The average molecular weight is 285 g/mol. The van der Waals surface area contributed by atoms with Gasteiger partial charge in [-0.3, -0.25) is 4.98 Å². The van der Waals surface area contributed by atoms with E-state index in [9.17, 15) is 0 Å². The zero-order valence-electron chi connectivity index (χ0n) is 9.83. The van der Waals surface area contributed by atoms with E-state index in [-0.39, 0.29) is 5.41 Å². The first-order valence-corrected chi connectivity index (χ1v) is 6.24. The molecule has 1 aromatic heterocycles. The molecular weight excluding hydrogens is 268 g/mol. The molecule has 0 spiro atoms. The monoisotopic (exact) mass is 284 g/mol. The van der Waals surface area contributed by atoms with Crippen LogP contribution in [0.3, 0.4) is 0 Å². The summed E-state index contributed by atoms with van der Waals surface area (Å²) in [5, 5.41) is 3.53. The fourth-order valence-electron chi connectivity index (χ4n) is 2.21. The number of nitrogens with zero attached hydrogens (tertiary/aromatic N) is 1. The van der Waals surface area contributed by atoms with Crippen LogP contribution >= 0.6 is 15.9 Å². The summed E-state index contributed by atoms with van der Waals surface area (Å²) in [6, 6.07) is 2.44. The molecule has 1 fully saturated rings. The summed E-state index contributed by atoms with van der Waals surface area (Å²) in [6.07, 6.45) is 5.01. The smallest absolute Gasteiger partial charge is 0.0661 e. The molecular formula is C12H17BrN2O. The van der Waals surface area contributed by atoms with Crippen molar-refractivity contribution < 1.29 is 4.74 Å². The number of nitrogens with one attached hydrogen (secondary N) is 1. The van der Waals surface area contributed by atoms with Gasteiger partial charge in [0, 0.05) is 31.0 Å². The summed E-state index contributed by atoms with van der Waals surface area (Å²) >= 11 is 3.49. The SMILES string of the molecule is COC1CC(Nc2ccncc2Br)C1(C)C. The minimum Gasteiger partial charge on any atom is -0.381 e. The van der Waals surface area contributed by atoms with Gasteiger partial charge in [0.25, 0.3) is 0 Å². The number of pyridine rings is 1. The molecule has 2 rings (SSSR count). The van der Waals surface area contributed by atoms with Gasteiger partial charge in [0.05, 0.1) is 16.3 Å². The molecule has 0 amide bonds. The van der Waals surface area contributed by atoms with E-state index in [0.717, 1.165) is 16.6 Å². The van der Waals surface area contributed by atoms with E-state index in [1.807, 2.05) is 12.3 Å². The van der Waals surface area contributed by atoms with Gasteiger partial charge < -0.3 is 10.1 Å². The third-order valence-corrected chi connectivity index (χ3v) is 4.20. The van der Waals surface area contributed by atoms with Gasteiger partial charge in [-0.2, -0.15) is 0 Å². The number of aromatic nitrogens is 1. The molecule has 1 heterocycles. The molecule has 0 radical (unpaired) electrons. The van der Waals surface area contributed by atoms with Gasteiger partial charge in [-0.1, -0.05) is 13.8 Å². The number of ether oxygens (including phenoxy) is 1. The molecule has 1 saturated carbocycles. The molecule has 4 heteroatoms. The zero-order chi connectivity index (χ0) is 11.8. The lowest BCUT2D eigenvalue weighted by molar-refractivity contribution is -0.0794. The Hall–Kier alpha value is -0.610. The van der Waals surface area contributed by atoms with Crippen LogP contribution in [0.25, 0.3) is 0 Å². The van der Waals surface area contributed by atoms with E-state index in [1.165, 1.54) is 0 Å². The second-order valence-corrected chi connectivity index (χ2v) is 5.69. The highest BCUT2D eigenvalue weighted by Gasteiger charge is 2.48. The van der Waals surface area contributed by atoms with Crippen LogP contribution < -0.4 is 5.32 Å². The maximum Gasteiger partial charge on any atom is 0.0661 e. The number of methoxy groups -OCH3 is 1. The van der Waals surface area contributed by atoms with Crippen LogP contribution in [0, 0.1) is 5.41 Å². The fraction of sp³-hybridized carbons (Fsp3) is 0.583. The average Bonchev–Trinajstić information content (AvgIpc) is 2.26. The maximum atomic E-state index is 5.44. The molecule has 16 heavy (non-hydrogen) atoms. The highest BCUT2D eigenvalue weighted by atomic mass is 79.9. The topological polar surface area (TPSA) is 34.1 Å². The molecule has 2 atom stereocenters. The van der Waals surface area contributed by atoms with E-state index in [0.29, 0.717) is 12.1 Å². The molecule has 0 aliphatic heterocycles. The van der Waals surface area contributed by atoms with E-state index in [4.69, 9.17) is 4.74 Å². The summed E-state index contributed by atoms with van der Waals surface area (Å²) in [5.74, 6) is 0. The molecule has 0 aromatic carbocycles. The summed E-state index contributed by atoms with van der Waals surface area (Å²) in [7, 11) is 1.78. The summed E-state index contributed by atoms with van der Waals surface area (Å²) in [6.45, 7) is 4.47. The second kappa shape index (κ2) is 4.34. The third-order valence-electron chi connectivity index (χ3n) is 3.56. The van der Waals surface area contributed by atoms with Crippen molar-refractivity contribution in [3.63, 3.8) is 0 Å². The quantitative estimate of drug-likeness (QED) is 0.926. The number of rotatable bonds is 3. The normalized spacial score (nSPS) is 27.2. The maximum absolute atomic E-state index is 5.44. The van der Waals surface area contributed by atoms with Crippen molar-refractivity contribution in [2.45, 2.75) is 32.4 Å². The van der Waals surface area contributed by atoms with Crippen LogP contribution in [0.15, 0.2) is 22.9 Å². The van der Waals surface area contributed by atoms with Crippen LogP contribution in [0.1, 0.15) is 20.3 Å². The van der Waals surface area contributed by atoms with Crippen molar-refractivity contribution in [2.24, 2.45) is 5.41 Å². The van der Waals surface area contributed by atoms with Crippen molar-refractivity contribution in [3.05, 3.63) is 22.9 Å². The molecule has 1 N–H and O–H groups in total. The number of hydrogen-bond donors (Lipinski definition) is 1. The van der Waals surface area contributed by atoms with Crippen molar-refractivity contribution >= 4 is 21.6 Å². The van der Waals surface area contributed by atoms with Gasteiger partial charge in [-0.25, -0.2) is 0 Å². The van der Waals surface area contributed by atoms with Crippen LogP contribution in [0.4, 0.5) is 5.69 Å². The van der Waals surface area contributed by atoms with Gasteiger partial charge in [-0.15, -0.1) is 0 Å². The minimum atomic E-state index is 0.178. The Morgan fingerprint density at radius 2 is 2.31 bits per heavy atom. The van der Waals surface area contributed by atoms with Gasteiger partial charge in [0.1, 0.15) is 0 Å². The lowest BCUT2D eigenvalue weighted by atomic mass is 9.64. The lowest BCUT2D eigenvalue weighted by Crippen LogP contribution is -2.57. The van der Waals surface area contributed by atoms with Crippen molar-refractivity contribution in [1.29, 1.82) is 0 Å². The van der Waals surface area contributed by atoms with Crippen molar-refractivity contribution in [2.75, 3.05) is 12.4 Å². The number of hydrogen-bond acceptors (Lipinski definition) is 3. The minimum absolute atomic E-state index is 0.178. The van der Waals surface area contributed by atoms with Crippen LogP contribution in [0.5, 0.6) is 0 Å².